The molecule has 0 aliphatic carbocycles. The van der Waals surface area contributed by atoms with E-state index in [0.29, 0.717) is 36.8 Å². The third-order valence-corrected chi connectivity index (χ3v) is 4.29. The summed E-state index contributed by atoms with van der Waals surface area (Å²) >= 11 is 0. The van der Waals surface area contributed by atoms with Crippen LogP contribution in [0.5, 0.6) is 5.75 Å². The van der Waals surface area contributed by atoms with E-state index < -0.39 is 0 Å². The van der Waals surface area contributed by atoms with Crippen molar-refractivity contribution in [2.24, 2.45) is 5.92 Å². The summed E-state index contributed by atoms with van der Waals surface area (Å²) in [5.41, 5.74) is 0.839. The molecule has 0 unspecified atom stereocenters. The number of amides is 1. The highest BCUT2D eigenvalue weighted by Gasteiger charge is 2.25. The molecule has 1 amide bonds. The molecule has 6 heteroatoms. The molecule has 1 aromatic heterocycles. The van der Waals surface area contributed by atoms with Gasteiger partial charge < -0.3 is 14.7 Å². The van der Waals surface area contributed by atoms with Crippen LogP contribution in [0.4, 0.5) is 4.39 Å². The molecule has 1 aliphatic rings. The molecule has 0 saturated carbocycles. The van der Waals surface area contributed by atoms with E-state index in [1.807, 2.05) is 0 Å². The maximum Gasteiger partial charge on any atom is 0.272 e. The number of carbonyl (C=O) groups excluding carboxylic acids is 1. The summed E-state index contributed by atoms with van der Waals surface area (Å²) in [6.07, 6.45) is 1.89. The van der Waals surface area contributed by atoms with Crippen molar-refractivity contribution in [2.75, 3.05) is 19.7 Å². The van der Waals surface area contributed by atoms with Gasteiger partial charge in [-0.05, 0) is 49.2 Å². The van der Waals surface area contributed by atoms with Crippen LogP contribution in [0.25, 0.3) is 0 Å². The Morgan fingerprint density at radius 1 is 1.28 bits per heavy atom. The Hall–Kier alpha value is -2.47. The number of aliphatic hydroxyl groups is 1. The summed E-state index contributed by atoms with van der Waals surface area (Å²) in [5.74, 6) is 0.437. The van der Waals surface area contributed by atoms with Gasteiger partial charge in [-0.3, -0.25) is 4.79 Å². The van der Waals surface area contributed by atoms with Gasteiger partial charge >= 0.3 is 0 Å². The number of aliphatic hydroxyl groups excluding tert-OH is 1. The van der Waals surface area contributed by atoms with E-state index in [-0.39, 0.29) is 24.2 Å². The summed E-state index contributed by atoms with van der Waals surface area (Å²) in [4.78, 5) is 18.6. The van der Waals surface area contributed by atoms with Gasteiger partial charge in [-0.15, -0.1) is 0 Å². The molecule has 132 valence electrons. The number of aromatic nitrogens is 1. The lowest BCUT2D eigenvalue weighted by atomic mass is 9.98. The lowest BCUT2D eigenvalue weighted by Gasteiger charge is -2.32. The average Bonchev–Trinajstić information content (AvgIpc) is 2.67. The van der Waals surface area contributed by atoms with E-state index in [1.165, 1.54) is 12.1 Å². The van der Waals surface area contributed by atoms with Crippen LogP contribution in [0.2, 0.25) is 0 Å². The average molecular weight is 344 g/mol. The zero-order valence-corrected chi connectivity index (χ0v) is 13.9. The number of carbonyl (C=O) groups is 1. The number of nitrogens with zero attached hydrogens (tertiary/aromatic N) is 2. The van der Waals surface area contributed by atoms with Crippen molar-refractivity contribution in [3.63, 3.8) is 0 Å². The zero-order chi connectivity index (χ0) is 17.6. The van der Waals surface area contributed by atoms with Gasteiger partial charge in [0, 0.05) is 19.0 Å². The Morgan fingerprint density at radius 3 is 2.84 bits per heavy atom. The monoisotopic (exact) mass is 344 g/mol. The van der Waals surface area contributed by atoms with Gasteiger partial charge in [0.05, 0.1) is 18.9 Å². The van der Waals surface area contributed by atoms with Crippen molar-refractivity contribution >= 4 is 5.91 Å². The maximum absolute atomic E-state index is 12.9. The van der Waals surface area contributed by atoms with Gasteiger partial charge in [-0.2, -0.15) is 0 Å². The molecule has 0 spiro atoms. The molecule has 0 bridgehead atoms. The van der Waals surface area contributed by atoms with Gasteiger partial charge in [0.1, 0.15) is 17.3 Å². The standard InChI is InChI=1S/C19H21FN2O3/c20-15-6-8-17(9-7-15)25-13-14-3-2-10-22(11-14)19(24)18-5-1-4-16(12-23)21-18/h1,4-9,14,23H,2-3,10-13H2/t14-/m1/s1. The number of benzene rings is 1. The fourth-order valence-electron chi connectivity index (χ4n) is 2.98. The van der Waals surface area contributed by atoms with Gasteiger partial charge in [0.25, 0.3) is 5.91 Å². The van der Waals surface area contributed by atoms with Gasteiger partial charge in [0.2, 0.25) is 0 Å². The molecule has 2 aromatic rings. The highest BCUT2D eigenvalue weighted by Crippen LogP contribution is 2.20. The lowest BCUT2D eigenvalue weighted by molar-refractivity contribution is 0.0627. The Balaban J connectivity index is 1.58. The Kier molecular flexibility index (Phi) is 5.60. The molecule has 1 aromatic carbocycles. The molecule has 0 radical (unpaired) electrons. The number of ether oxygens (including phenoxy) is 1. The molecule has 1 atom stereocenters. The molecule has 25 heavy (non-hydrogen) atoms. The molecular weight excluding hydrogens is 323 g/mol. The summed E-state index contributed by atoms with van der Waals surface area (Å²) in [7, 11) is 0. The van der Waals surface area contributed by atoms with Crippen molar-refractivity contribution in [3.8, 4) is 5.75 Å². The normalized spacial score (nSPS) is 17.4. The minimum atomic E-state index is -0.292. The second kappa shape index (κ2) is 8.07. The van der Waals surface area contributed by atoms with Crippen molar-refractivity contribution < 1.29 is 19.0 Å². The number of hydrogen-bond acceptors (Lipinski definition) is 4. The second-order valence-corrected chi connectivity index (χ2v) is 6.20. The third-order valence-electron chi connectivity index (χ3n) is 4.29. The Morgan fingerprint density at radius 2 is 2.08 bits per heavy atom. The molecule has 2 heterocycles. The van der Waals surface area contributed by atoms with Crippen LogP contribution in [0.1, 0.15) is 29.0 Å². The minimum Gasteiger partial charge on any atom is -0.493 e. The molecule has 1 saturated heterocycles. The first-order valence-electron chi connectivity index (χ1n) is 8.40. The SMILES string of the molecule is O=C(c1cccc(CO)n1)N1CCC[C@@H](COc2ccc(F)cc2)C1. The molecule has 3 rings (SSSR count). The number of piperidine rings is 1. The van der Waals surface area contributed by atoms with Crippen LogP contribution in [0, 0.1) is 11.7 Å². The topological polar surface area (TPSA) is 62.7 Å². The summed E-state index contributed by atoms with van der Waals surface area (Å²) in [6, 6.07) is 11.0. The van der Waals surface area contributed by atoms with E-state index >= 15 is 0 Å². The predicted molar refractivity (Wildman–Crippen MR) is 90.7 cm³/mol. The molecule has 1 aliphatic heterocycles. The highest BCUT2D eigenvalue weighted by molar-refractivity contribution is 5.92. The van der Waals surface area contributed by atoms with E-state index in [2.05, 4.69) is 4.98 Å². The smallest absolute Gasteiger partial charge is 0.272 e. The highest BCUT2D eigenvalue weighted by atomic mass is 19.1. The van der Waals surface area contributed by atoms with E-state index in [1.54, 1.807) is 35.2 Å². The summed E-state index contributed by atoms with van der Waals surface area (Å²) in [5, 5.41) is 9.16. The quantitative estimate of drug-likeness (QED) is 0.906. The Bertz CT molecular complexity index is 721. The summed E-state index contributed by atoms with van der Waals surface area (Å²) < 4.78 is 18.6. The lowest BCUT2D eigenvalue weighted by Crippen LogP contribution is -2.42. The molecule has 1 fully saturated rings. The Labute approximate surface area is 146 Å². The third kappa shape index (κ3) is 4.54. The molecule has 5 nitrogen and oxygen atoms in total. The summed E-state index contributed by atoms with van der Waals surface area (Å²) in [6.45, 7) is 1.59. The number of pyridine rings is 1. The van der Waals surface area contributed by atoms with E-state index in [0.717, 1.165) is 12.8 Å². The first kappa shape index (κ1) is 17.4. The van der Waals surface area contributed by atoms with Crippen LogP contribution < -0.4 is 4.74 Å². The van der Waals surface area contributed by atoms with E-state index in [9.17, 15) is 9.18 Å². The first-order chi connectivity index (χ1) is 12.2. The van der Waals surface area contributed by atoms with Gasteiger partial charge in [-0.25, -0.2) is 9.37 Å². The second-order valence-electron chi connectivity index (χ2n) is 6.20. The van der Waals surface area contributed by atoms with E-state index in [4.69, 9.17) is 9.84 Å². The number of likely N-dealkylation sites (tertiary alicyclic amines) is 1. The van der Waals surface area contributed by atoms with Crippen LogP contribution in [0.3, 0.4) is 0 Å². The predicted octanol–water partition coefficient (Wildman–Crippen LogP) is 2.64. The fourth-order valence-corrected chi connectivity index (χ4v) is 2.98. The van der Waals surface area contributed by atoms with Crippen LogP contribution in [-0.2, 0) is 6.61 Å². The van der Waals surface area contributed by atoms with Gasteiger partial charge in [0.15, 0.2) is 0 Å². The maximum atomic E-state index is 12.9. The zero-order valence-electron chi connectivity index (χ0n) is 13.9. The molecular formula is C19H21FN2O3. The van der Waals surface area contributed by atoms with Crippen molar-refractivity contribution in [1.82, 2.24) is 9.88 Å². The van der Waals surface area contributed by atoms with Crippen LogP contribution >= 0.6 is 0 Å². The number of hydrogen-bond donors (Lipinski definition) is 1. The largest absolute Gasteiger partial charge is 0.493 e. The number of rotatable bonds is 5. The van der Waals surface area contributed by atoms with Crippen molar-refractivity contribution in [2.45, 2.75) is 19.4 Å². The minimum absolute atomic E-state index is 0.123. The van der Waals surface area contributed by atoms with Crippen LogP contribution in [-0.4, -0.2) is 40.6 Å². The molecule has 1 N–H and O–H groups in total. The van der Waals surface area contributed by atoms with Crippen molar-refractivity contribution in [1.29, 1.82) is 0 Å². The fraction of sp³-hybridized carbons (Fsp3) is 0.368. The first-order valence-corrected chi connectivity index (χ1v) is 8.40. The van der Waals surface area contributed by atoms with Crippen molar-refractivity contribution in [3.05, 3.63) is 59.7 Å². The number of halogens is 1. The van der Waals surface area contributed by atoms with Crippen LogP contribution in [0.15, 0.2) is 42.5 Å². The van der Waals surface area contributed by atoms with Gasteiger partial charge in [-0.1, -0.05) is 6.07 Å².